The van der Waals surface area contributed by atoms with E-state index in [4.69, 9.17) is 0 Å². The van der Waals surface area contributed by atoms with Crippen LogP contribution in [0.3, 0.4) is 0 Å². The SMILES string of the molecule is O=C(NCCc1ncn[nH]1)c1c(O)cc(F)cc1F. The number of amides is 1. The summed E-state index contributed by atoms with van der Waals surface area (Å²) in [5.41, 5.74) is -0.584. The molecule has 3 N–H and O–H groups in total. The highest BCUT2D eigenvalue weighted by Gasteiger charge is 2.18. The molecule has 0 fully saturated rings. The highest BCUT2D eigenvalue weighted by Crippen LogP contribution is 2.21. The maximum atomic E-state index is 13.4. The molecule has 1 amide bonds. The predicted octanol–water partition coefficient (Wildman–Crippen LogP) is 0.761. The normalized spacial score (nSPS) is 10.4. The van der Waals surface area contributed by atoms with Crippen molar-refractivity contribution in [1.82, 2.24) is 20.5 Å². The fourth-order valence-electron chi connectivity index (χ4n) is 1.52. The van der Waals surface area contributed by atoms with E-state index in [-0.39, 0.29) is 6.54 Å². The highest BCUT2D eigenvalue weighted by atomic mass is 19.1. The summed E-state index contributed by atoms with van der Waals surface area (Å²) in [5.74, 6) is -3.07. The van der Waals surface area contributed by atoms with Crippen LogP contribution in [0.25, 0.3) is 0 Å². The van der Waals surface area contributed by atoms with Crippen LogP contribution in [-0.4, -0.2) is 32.7 Å². The zero-order chi connectivity index (χ0) is 13.8. The van der Waals surface area contributed by atoms with E-state index in [2.05, 4.69) is 20.5 Å². The number of rotatable bonds is 4. The van der Waals surface area contributed by atoms with Crippen LogP contribution in [-0.2, 0) is 6.42 Å². The van der Waals surface area contributed by atoms with E-state index in [0.29, 0.717) is 24.4 Å². The van der Waals surface area contributed by atoms with Crippen molar-refractivity contribution < 1.29 is 18.7 Å². The molecule has 2 aromatic rings. The van der Waals surface area contributed by atoms with Crippen molar-refractivity contribution in [3.05, 3.63) is 41.5 Å². The van der Waals surface area contributed by atoms with Gasteiger partial charge in [0.15, 0.2) is 0 Å². The molecule has 0 aliphatic rings. The smallest absolute Gasteiger partial charge is 0.258 e. The van der Waals surface area contributed by atoms with Crippen molar-refractivity contribution in [3.8, 4) is 5.75 Å². The van der Waals surface area contributed by atoms with E-state index in [1.807, 2.05) is 0 Å². The van der Waals surface area contributed by atoms with Gasteiger partial charge in [0.2, 0.25) is 0 Å². The van der Waals surface area contributed by atoms with Gasteiger partial charge >= 0.3 is 0 Å². The Morgan fingerprint density at radius 2 is 2.21 bits per heavy atom. The quantitative estimate of drug-likeness (QED) is 0.763. The van der Waals surface area contributed by atoms with Crippen molar-refractivity contribution in [1.29, 1.82) is 0 Å². The lowest BCUT2D eigenvalue weighted by atomic mass is 10.1. The molecule has 0 aliphatic heterocycles. The number of nitrogens with one attached hydrogen (secondary N) is 2. The number of carbonyl (C=O) groups is 1. The predicted molar refractivity (Wildman–Crippen MR) is 60.4 cm³/mol. The van der Waals surface area contributed by atoms with Gasteiger partial charge in [-0.3, -0.25) is 9.89 Å². The third-order valence-corrected chi connectivity index (χ3v) is 2.37. The van der Waals surface area contributed by atoms with Crippen molar-refractivity contribution in [2.75, 3.05) is 6.54 Å². The third kappa shape index (κ3) is 3.03. The molecule has 8 heteroatoms. The van der Waals surface area contributed by atoms with Gasteiger partial charge in [0, 0.05) is 25.1 Å². The van der Waals surface area contributed by atoms with Gasteiger partial charge in [-0.1, -0.05) is 0 Å². The van der Waals surface area contributed by atoms with Gasteiger partial charge in [-0.15, -0.1) is 0 Å². The lowest BCUT2D eigenvalue weighted by Gasteiger charge is -2.07. The number of H-pyrrole nitrogens is 1. The lowest BCUT2D eigenvalue weighted by molar-refractivity contribution is 0.0947. The van der Waals surface area contributed by atoms with E-state index < -0.39 is 28.9 Å². The monoisotopic (exact) mass is 268 g/mol. The molecule has 0 unspecified atom stereocenters. The molecular weight excluding hydrogens is 258 g/mol. The van der Waals surface area contributed by atoms with Crippen LogP contribution < -0.4 is 5.32 Å². The number of phenolic OH excluding ortho intramolecular Hbond substituents is 1. The van der Waals surface area contributed by atoms with E-state index in [1.165, 1.54) is 6.33 Å². The summed E-state index contributed by atoms with van der Waals surface area (Å²) in [5, 5.41) is 18.0. The summed E-state index contributed by atoms with van der Waals surface area (Å²) >= 11 is 0. The molecule has 2 rings (SSSR count). The van der Waals surface area contributed by atoms with Gasteiger partial charge in [0.1, 0.15) is 35.1 Å². The minimum Gasteiger partial charge on any atom is -0.507 e. The van der Waals surface area contributed by atoms with Crippen LogP contribution in [0.4, 0.5) is 8.78 Å². The Hall–Kier alpha value is -2.51. The number of hydrogen-bond donors (Lipinski definition) is 3. The van der Waals surface area contributed by atoms with Crippen LogP contribution in [0.5, 0.6) is 5.75 Å². The van der Waals surface area contributed by atoms with Gasteiger partial charge in [0.25, 0.3) is 5.91 Å². The van der Waals surface area contributed by atoms with Gasteiger partial charge < -0.3 is 10.4 Å². The number of benzene rings is 1. The zero-order valence-electron chi connectivity index (χ0n) is 9.65. The summed E-state index contributed by atoms with van der Waals surface area (Å²) in [6, 6.07) is 1.21. The molecule has 0 spiro atoms. The molecule has 0 radical (unpaired) electrons. The number of hydrogen-bond acceptors (Lipinski definition) is 4. The second-order valence-electron chi connectivity index (χ2n) is 3.72. The Morgan fingerprint density at radius 3 is 2.84 bits per heavy atom. The first-order valence-electron chi connectivity index (χ1n) is 5.38. The molecule has 0 saturated heterocycles. The van der Waals surface area contributed by atoms with E-state index in [9.17, 15) is 18.7 Å². The number of nitrogens with zero attached hydrogens (tertiary/aromatic N) is 2. The molecule has 1 aromatic heterocycles. The average molecular weight is 268 g/mol. The molecule has 19 heavy (non-hydrogen) atoms. The van der Waals surface area contributed by atoms with Crippen LogP contribution in [0.2, 0.25) is 0 Å². The van der Waals surface area contributed by atoms with Crippen molar-refractivity contribution in [3.63, 3.8) is 0 Å². The summed E-state index contributed by atoms with van der Waals surface area (Å²) in [4.78, 5) is 15.5. The van der Waals surface area contributed by atoms with E-state index >= 15 is 0 Å². The Labute approximate surface area is 106 Å². The van der Waals surface area contributed by atoms with E-state index in [1.54, 1.807) is 0 Å². The number of halogens is 2. The topological polar surface area (TPSA) is 90.9 Å². The number of phenols is 1. The zero-order valence-corrected chi connectivity index (χ0v) is 9.65. The molecule has 1 aromatic carbocycles. The van der Waals surface area contributed by atoms with Crippen molar-refractivity contribution in [2.45, 2.75) is 6.42 Å². The first-order valence-corrected chi connectivity index (χ1v) is 5.38. The number of aromatic hydroxyl groups is 1. The summed E-state index contributed by atoms with van der Waals surface area (Å²) in [7, 11) is 0. The molecule has 0 atom stereocenters. The number of aromatic amines is 1. The molecule has 100 valence electrons. The van der Waals surface area contributed by atoms with E-state index in [0.717, 1.165) is 0 Å². The van der Waals surface area contributed by atoms with Crippen molar-refractivity contribution in [2.24, 2.45) is 0 Å². The molecule has 6 nitrogen and oxygen atoms in total. The maximum absolute atomic E-state index is 13.4. The largest absolute Gasteiger partial charge is 0.507 e. The van der Waals surface area contributed by atoms with Gasteiger partial charge in [-0.2, -0.15) is 5.10 Å². The number of aromatic nitrogens is 3. The van der Waals surface area contributed by atoms with Gasteiger partial charge in [0.05, 0.1) is 0 Å². The lowest BCUT2D eigenvalue weighted by Crippen LogP contribution is -2.27. The van der Waals surface area contributed by atoms with Gasteiger partial charge in [-0.25, -0.2) is 13.8 Å². The fourth-order valence-corrected chi connectivity index (χ4v) is 1.52. The molecular formula is C11H10F2N4O2. The Bertz CT molecular complexity index is 563. The second-order valence-corrected chi connectivity index (χ2v) is 3.72. The Kier molecular flexibility index (Phi) is 3.69. The van der Waals surface area contributed by atoms with Crippen molar-refractivity contribution >= 4 is 5.91 Å². The highest BCUT2D eigenvalue weighted by molar-refractivity contribution is 5.97. The summed E-state index contributed by atoms with van der Waals surface area (Å²) < 4.78 is 26.1. The summed E-state index contributed by atoms with van der Waals surface area (Å²) in [6.07, 6.45) is 1.69. The Balaban J connectivity index is 2.00. The summed E-state index contributed by atoms with van der Waals surface area (Å²) in [6.45, 7) is 0.171. The average Bonchev–Trinajstić information content (AvgIpc) is 2.80. The second kappa shape index (κ2) is 5.42. The van der Waals surface area contributed by atoms with Crippen LogP contribution in [0, 0.1) is 11.6 Å². The molecule has 0 saturated carbocycles. The third-order valence-electron chi connectivity index (χ3n) is 2.37. The minimum atomic E-state index is -1.12. The fraction of sp³-hybridized carbons (Fsp3) is 0.182. The maximum Gasteiger partial charge on any atom is 0.258 e. The molecule has 0 bridgehead atoms. The first-order chi connectivity index (χ1) is 9.08. The van der Waals surface area contributed by atoms with Crippen LogP contribution >= 0.6 is 0 Å². The standard InChI is InChI=1S/C11H10F2N4O2/c12-6-3-7(13)10(8(18)4-6)11(19)14-2-1-9-15-5-16-17-9/h3-5,18H,1-2H2,(H,14,19)(H,15,16,17). The number of carbonyl (C=O) groups excluding carboxylic acids is 1. The van der Waals surface area contributed by atoms with Crippen LogP contribution in [0.1, 0.15) is 16.2 Å². The molecule has 0 aliphatic carbocycles. The Morgan fingerprint density at radius 1 is 1.42 bits per heavy atom. The first kappa shape index (κ1) is 12.9. The molecule has 1 heterocycles. The van der Waals surface area contributed by atoms with Crippen LogP contribution in [0.15, 0.2) is 18.5 Å². The van der Waals surface area contributed by atoms with Gasteiger partial charge in [-0.05, 0) is 0 Å². The minimum absolute atomic E-state index is 0.171.